The number of hydrogen-bond donors (Lipinski definition) is 1. The number of benzene rings is 1. The molecule has 0 aromatic heterocycles. The molecule has 76 valence electrons. The van der Waals surface area contributed by atoms with Crippen molar-refractivity contribution >= 4 is 11.6 Å². The third-order valence-corrected chi connectivity index (χ3v) is 2.90. The van der Waals surface area contributed by atoms with E-state index in [4.69, 9.17) is 0 Å². The van der Waals surface area contributed by atoms with Crippen molar-refractivity contribution in [1.82, 2.24) is 5.43 Å². The number of fused-ring (bicyclic) bond motifs is 1. The topological polar surface area (TPSA) is 41.5 Å². The summed E-state index contributed by atoms with van der Waals surface area (Å²) in [7, 11) is 0. The van der Waals surface area contributed by atoms with Crippen LogP contribution in [-0.2, 0) is 4.79 Å². The van der Waals surface area contributed by atoms with Gasteiger partial charge in [-0.05, 0) is 24.1 Å². The van der Waals surface area contributed by atoms with Gasteiger partial charge in [0, 0.05) is 11.8 Å². The lowest BCUT2D eigenvalue weighted by Gasteiger charge is -2.11. The second-order valence-electron chi connectivity index (χ2n) is 3.93. The van der Waals surface area contributed by atoms with E-state index in [0.29, 0.717) is 0 Å². The largest absolute Gasteiger partial charge is 0.273 e. The number of halogens is 1. The molecule has 1 aromatic rings. The Morgan fingerprint density at radius 1 is 1.27 bits per heavy atom. The van der Waals surface area contributed by atoms with Gasteiger partial charge >= 0.3 is 0 Å². The van der Waals surface area contributed by atoms with Crippen LogP contribution in [0.25, 0.3) is 0 Å². The van der Waals surface area contributed by atoms with E-state index in [-0.39, 0.29) is 23.6 Å². The minimum Gasteiger partial charge on any atom is -0.273 e. The zero-order valence-electron chi connectivity index (χ0n) is 7.90. The van der Waals surface area contributed by atoms with Crippen molar-refractivity contribution in [3.63, 3.8) is 0 Å². The van der Waals surface area contributed by atoms with Gasteiger partial charge in [-0.1, -0.05) is 12.1 Å². The van der Waals surface area contributed by atoms with Crippen LogP contribution in [-0.4, -0.2) is 11.6 Å². The Kier molecular flexibility index (Phi) is 1.65. The molecule has 0 spiro atoms. The number of rotatable bonds is 1. The lowest BCUT2D eigenvalue weighted by Crippen LogP contribution is -2.28. The maximum absolute atomic E-state index is 12.7. The normalized spacial score (nSPS) is 27.8. The summed E-state index contributed by atoms with van der Waals surface area (Å²) in [5.41, 5.74) is 4.26. The Bertz CT molecular complexity index is 452. The fraction of sp³-hybridized carbons (Fsp3) is 0.273. The van der Waals surface area contributed by atoms with E-state index in [0.717, 1.165) is 17.7 Å². The first kappa shape index (κ1) is 8.59. The van der Waals surface area contributed by atoms with Gasteiger partial charge in [0.1, 0.15) is 5.82 Å². The predicted molar refractivity (Wildman–Crippen MR) is 52.7 cm³/mol. The van der Waals surface area contributed by atoms with Gasteiger partial charge in [0.15, 0.2) is 0 Å². The average Bonchev–Trinajstić information content (AvgIpc) is 3.01. The van der Waals surface area contributed by atoms with Crippen molar-refractivity contribution in [2.75, 3.05) is 0 Å². The summed E-state index contributed by atoms with van der Waals surface area (Å²) < 4.78 is 12.7. The molecule has 1 saturated carbocycles. The molecule has 2 unspecified atom stereocenters. The van der Waals surface area contributed by atoms with Gasteiger partial charge in [-0.25, -0.2) is 9.82 Å². The number of nitrogens with zero attached hydrogens (tertiary/aromatic N) is 1. The molecule has 15 heavy (non-hydrogen) atoms. The highest BCUT2D eigenvalue weighted by atomic mass is 19.1. The van der Waals surface area contributed by atoms with E-state index in [1.165, 1.54) is 12.1 Å². The molecule has 1 amide bonds. The molecule has 3 rings (SSSR count). The van der Waals surface area contributed by atoms with Crippen LogP contribution in [0.5, 0.6) is 0 Å². The molecule has 1 N–H and O–H groups in total. The molecule has 1 aliphatic heterocycles. The number of nitrogens with one attached hydrogen (secondary N) is 1. The second-order valence-corrected chi connectivity index (χ2v) is 3.93. The molecule has 3 nitrogen and oxygen atoms in total. The average molecular weight is 204 g/mol. The Morgan fingerprint density at radius 3 is 2.73 bits per heavy atom. The number of hydrogen-bond acceptors (Lipinski definition) is 2. The van der Waals surface area contributed by atoms with Gasteiger partial charge in [-0.2, -0.15) is 5.10 Å². The van der Waals surface area contributed by atoms with Crippen LogP contribution in [0.2, 0.25) is 0 Å². The lowest BCUT2D eigenvalue weighted by atomic mass is 10.0. The van der Waals surface area contributed by atoms with E-state index < -0.39 is 0 Å². The summed E-state index contributed by atoms with van der Waals surface area (Å²) in [6, 6.07) is 6.21. The van der Waals surface area contributed by atoms with Gasteiger partial charge in [0.05, 0.1) is 5.71 Å². The zero-order valence-corrected chi connectivity index (χ0v) is 7.90. The molecule has 2 atom stereocenters. The SMILES string of the molecule is O=C1NN=C(c2ccc(F)cc2)C2CC12. The van der Waals surface area contributed by atoms with E-state index in [1.807, 2.05) is 0 Å². The highest BCUT2D eigenvalue weighted by Crippen LogP contribution is 2.43. The monoisotopic (exact) mass is 204 g/mol. The summed E-state index contributed by atoms with van der Waals surface area (Å²) in [6.45, 7) is 0. The Morgan fingerprint density at radius 2 is 2.00 bits per heavy atom. The molecular weight excluding hydrogens is 195 g/mol. The van der Waals surface area contributed by atoms with E-state index in [9.17, 15) is 9.18 Å². The van der Waals surface area contributed by atoms with Gasteiger partial charge in [0.2, 0.25) is 5.91 Å². The van der Waals surface area contributed by atoms with Crippen LogP contribution < -0.4 is 5.43 Å². The van der Waals surface area contributed by atoms with Crippen LogP contribution in [0.3, 0.4) is 0 Å². The molecule has 0 radical (unpaired) electrons. The first-order chi connectivity index (χ1) is 7.25. The van der Waals surface area contributed by atoms with E-state index >= 15 is 0 Å². The predicted octanol–water partition coefficient (Wildman–Crippen LogP) is 1.30. The summed E-state index contributed by atoms with van der Waals surface area (Å²) in [5, 5.41) is 4.03. The summed E-state index contributed by atoms with van der Waals surface area (Å²) in [6.07, 6.45) is 0.863. The van der Waals surface area contributed by atoms with Crippen molar-refractivity contribution in [2.24, 2.45) is 16.9 Å². The van der Waals surface area contributed by atoms with Crippen LogP contribution in [0.1, 0.15) is 12.0 Å². The fourth-order valence-electron chi connectivity index (χ4n) is 1.97. The maximum atomic E-state index is 12.7. The number of carbonyl (C=O) groups is 1. The highest BCUT2D eigenvalue weighted by molar-refractivity contribution is 6.09. The van der Waals surface area contributed by atoms with Crippen molar-refractivity contribution in [3.8, 4) is 0 Å². The Labute approximate surface area is 86.0 Å². The van der Waals surface area contributed by atoms with E-state index in [2.05, 4.69) is 10.5 Å². The van der Waals surface area contributed by atoms with Crippen molar-refractivity contribution in [3.05, 3.63) is 35.6 Å². The quantitative estimate of drug-likeness (QED) is 0.736. The summed E-state index contributed by atoms with van der Waals surface area (Å²) in [4.78, 5) is 11.2. The summed E-state index contributed by atoms with van der Waals surface area (Å²) in [5.74, 6) is 0.0733. The van der Waals surface area contributed by atoms with Gasteiger partial charge in [-0.3, -0.25) is 4.79 Å². The smallest absolute Gasteiger partial charge is 0.243 e. The second kappa shape index (κ2) is 2.89. The van der Waals surface area contributed by atoms with Gasteiger partial charge in [0.25, 0.3) is 0 Å². The standard InChI is InChI=1S/C11H9FN2O/c12-7-3-1-6(2-4-7)10-8-5-9(8)11(15)14-13-10/h1-4,8-9H,5H2,(H,14,15). The molecular formula is C11H9FN2O. The summed E-state index contributed by atoms with van der Waals surface area (Å²) >= 11 is 0. The van der Waals surface area contributed by atoms with Crippen molar-refractivity contribution in [2.45, 2.75) is 6.42 Å². The number of amides is 1. The molecule has 0 saturated heterocycles. The highest BCUT2D eigenvalue weighted by Gasteiger charge is 2.49. The molecule has 1 aromatic carbocycles. The number of carbonyl (C=O) groups excluding carboxylic acids is 1. The Hall–Kier alpha value is -1.71. The fourth-order valence-corrected chi connectivity index (χ4v) is 1.97. The molecule has 0 bridgehead atoms. The Balaban J connectivity index is 1.95. The number of hydrazone groups is 1. The van der Waals surface area contributed by atoms with Gasteiger partial charge < -0.3 is 0 Å². The third kappa shape index (κ3) is 1.33. The van der Waals surface area contributed by atoms with Crippen molar-refractivity contribution in [1.29, 1.82) is 0 Å². The van der Waals surface area contributed by atoms with Crippen molar-refractivity contribution < 1.29 is 9.18 Å². The van der Waals surface area contributed by atoms with Crippen LogP contribution in [0.4, 0.5) is 4.39 Å². The van der Waals surface area contributed by atoms with E-state index in [1.54, 1.807) is 12.1 Å². The van der Waals surface area contributed by atoms with Crippen LogP contribution in [0, 0.1) is 17.7 Å². The van der Waals surface area contributed by atoms with Crippen LogP contribution in [0.15, 0.2) is 29.4 Å². The zero-order chi connectivity index (χ0) is 10.4. The molecule has 1 fully saturated rings. The van der Waals surface area contributed by atoms with Crippen LogP contribution >= 0.6 is 0 Å². The first-order valence-corrected chi connectivity index (χ1v) is 4.89. The third-order valence-electron chi connectivity index (χ3n) is 2.90. The molecule has 2 aliphatic rings. The maximum Gasteiger partial charge on any atom is 0.243 e. The minimum absolute atomic E-state index is 0.00543. The van der Waals surface area contributed by atoms with Gasteiger partial charge in [-0.15, -0.1) is 0 Å². The lowest BCUT2D eigenvalue weighted by molar-refractivity contribution is -0.122. The molecule has 1 heterocycles. The molecule has 1 aliphatic carbocycles. The first-order valence-electron chi connectivity index (χ1n) is 4.89. The molecule has 4 heteroatoms. The minimum atomic E-state index is -0.258.